The fourth-order valence-corrected chi connectivity index (χ4v) is 5.75. The number of aromatic nitrogens is 3. The molecule has 2 aliphatic heterocycles. The lowest BCUT2D eigenvalue weighted by Crippen LogP contribution is -2.52. The number of halogens is 3. The van der Waals surface area contributed by atoms with E-state index < -0.39 is 21.7 Å². The van der Waals surface area contributed by atoms with Crippen LogP contribution in [0.5, 0.6) is 0 Å². The molecule has 220 valence electrons. The van der Waals surface area contributed by atoms with Gasteiger partial charge in [-0.25, -0.2) is 27.2 Å². The summed E-state index contributed by atoms with van der Waals surface area (Å²) in [6.45, 7) is 5.77. The normalized spacial score (nSPS) is 17.4. The molecule has 2 aromatic heterocycles. The number of anilines is 6. The smallest absolute Gasteiger partial charge is 0.229 e. The number of likely N-dealkylation sites (N-methyl/N-ethyl adjacent to an activating group) is 1. The van der Waals surface area contributed by atoms with E-state index >= 15 is 4.39 Å². The van der Waals surface area contributed by atoms with Crippen molar-refractivity contribution >= 4 is 56.3 Å². The van der Waals surface area contributed by atoms with Crippen molar-refractivity contribution in [2.24, 2.45) is 0 Å². The molecule has 0 aliphatic carbocycles. The van der Waals surface area contributed by atoms with Crippen LogP contribution in [-0.4, -0.2) is 91.8 Å². The Labute approximate surface area is 243 Å². The van der Waals surface area contributed by atoms with Crippen LogP contribution in [0.1, 0.15) is 12.8 Å². The Balaban J connectivity index is 1.25. The van der Waals surface area contributed by atoms with E-state index in [1.165, 1.54) is 24.5 Å². The molecule has 2 saturated heterocycles. The average molecular weight is 608 g/mol. The molecular weight excluding hydrogens is 576 g/mol. The number of nitrogens with zero attached hydrogens (tertiary/aromatic N) is 6. The number of hydrogen-bond acceptors (Lipinski definition) is 10. The highest BCUT2D eigenvalue weighted by Gasteiger charge is 2.28. The van der Waals surface area contributed by atoms with Crippen LogP contribution in [0.4, 0.5) is 43.4 Å². The maximum atomic E-state index is 15.2. The Bertz CT molecular complexity index is 1500. The van der Waals surface area contributed by atoms with E-state index in [0.717, 1.165) is 70.5 Å². The number of sulfonamides is 1. The Morgan fingerprint density at radius 3 is 2.37 bits per heavy atom. The van der Waals surface area contributed by atoms with Crippen LogP contribution in [0.15, 0.2) is 36.7 Å². The van der Waals surface area contributed by atoms with Gasteiger partial charge < -0.3 is 20.4 Å². The fourth-order valence-electron chi connectivity index (χ4n) is 5.04. The van der Waals surface area contributed by atoms with Crippen LogP contribution in [0, 0.1) is 11.6 Å². The van der Waals surface area contributed by atoms with E-state index in [2.05, 4.69) is 47.2 Å². The van der Waals surface area contributed by atoms with E-state index in [1.54, 1.807) is 0 Å². The molecule has 0 bridgehead atoms. The largest absolute Gasteiger partial charge is 0.354 e. The third-order valence-electron chi connectivity index (χ3n) is 7.17. The minimum Gasteiger partial charge on any atom is -0.354 e. The standard InChI is InChI=1S/C26H32ClF2N9O2S/c1-36-9-11-37(12-10-36)19-5-7-38(8-6-19)25-21(29)14-18(15-30-25)32-26-31-16-20(27)24(34-26)33-22-4-3-17(28)13-23(22)35-41(2,39)40/h3-4,13-16,19,35H,5-12H2,1-2H3,(H2,31,32,33,34). The predicted octanol–water partition coefficient (Wildman–Crippen LogP) is 3.88. The van der Waals surface area contributed by atoms with Crippen LogP contribution < -0.4 is 20.3 Å². The van der Waals surface area contributed by atoms with Gasteiger partial charge in [-0.3, -0.25) is 9.62 Å². The molecule has 0 spiro atoms. The van der Waals surface area contributed by atoms with Gasteiger partial charge in [0.05, 0.1) is 35.7 Å². The molecule has 0 saturated carbocycles. The zero-order chi connectivity index (χ0) is 29.1. The van der Waals surface area contributed by atoms with Crippen LogP contribution >= 0.6 is 11.6 Å². The fraction of sp³-hybridized carbons (Fsp3) is 0.423. The zero-order valence-electron chi connectivity index (χ0n) is 22.7. The molecule has 0 atom stereocenters. The van der Waals surface area contributed by atoms with Crippen molar-refractivity contribution in [2.75, 3.05) is 72.8 Å². The van der Waals surface area contributed by atoms with Crippen molar-refractivity contribution in [3.8, 4) is 0 Å². The Kier molecular flexibility index (Phi) is 8.73. The van der Waals surface area contributed by atoms with Crippen molar-refractivity contribution in [1.82, 2.24) is 24.8 Å². The molecule has 11 nitrogen and oxygen atoms in total. The zero-order valence-corrected chi connectivity index (χ0v) is 24.3. The van der Waals surface area contributed by atoms with Gasteiger partial charge in [-0.05, 0) is 32.0 Å². The summed E-state index contributed by atoms with van der Waals surface area (Å²) >= 11 is 6.25. The highest BCUT2D eigenvalue weighted by Crippen LogP contribution is 2.31. The molecule has 3 aromatic rings. The third-order valence-corrected chi connectivity index (χ3v) is 8.04. The minimum absolute atomic E-state index is 0.0221. The molecule has 0 radical (unpaired) electrons. The molecule has 4 heterocycles. The summed E-state index contributed by atoms with van der Waals surface area (Å²) < 4.78 is 54.6. The number of hydrogen-bond donors (Lipinski definition) is 3. The Morgan fingerprint density at radius 2 is 1.68 bits per heavy atom. The molecular formula is C26H32ClF2N9O2S. The number of piperazine rings is 1. The van der Waals surface area contributed by atoms with E-state index in [1.807, 2.05) is 4.90 Å². The summed E-state index contributed by atoms with van der Waals surface area (Å²) in [5.74, 6) is -0.550. The number of pyridine rings is 1. The van der Waals surface area contributed by atoms with Crippen LogP contribution in [0.25, 0.3) is 0 Å². The Hall–Kier alpha value is -3.33. The van der Waals surface area contributed by atoms with Crippen molar-refractivity contribution in [3.63, 3.8) is 0 Å². The van der Waals surface area contributed by atoms with Crippen molar-refractivity contribution in [3.05, 3.63) is 53.3 Å². The lowest BCUT2D eigenvalue weighted by atomic mass is 10.0. The van der Waals surface area contributed by atoms with E-state index in [-0.39, 0.29) is 28.2 Å². The average Bonchev–Trinajstić information content (AvgIpc) is 2.92. The van der Waals surface area contributed by atoms with Crippen molar-refractivity contribution < 1.29 is 17.2 Å². The highest BCUT2D eigenvalue weighted by atomic mass is 35.5. The second-order valence-corrected chi connectivity index (χ2v) is 12.4. The van der Waals surface area contributed by atoms with Gasteiger partial charge in [0.2, 0.25) is 16.0 Å². The van der Waals surface area contributed by atoms with Gasteiger partial charge in [0.15, 0.2) is 17.5 Å². The SMILES string of the molecule is CN1CCN(C2CCN(c3ncc(Nc4ncc(Cl)c(Nc5ccc(F)cc5NS(C)(=O)=O)n4)cc3F)CC2)CC1. The summed E-state index contributed by atoms with van der Waals surface area (Å²) in [6.07, 6.45) is 5.74. The van der Waals surface area contributed by atoms with Gasteiger partial charge in [0.1, 0.15) is 10.8 Å². The summed E-state index contributed by atoms with van der Waals surface area (Å²) in [7, 11) is -1.53. The van der Waals surface area contributed by atoms with Crippen molar-refractivity contribution in [1.29, 1.82) is 0 Å². The number of piperidine rings is 1. The molecule has 0 amide bonds. The molecule has 2 aliphatic rings. The molecule has 0 unspecified atom stereocenters. The van der Waals surface area contributed by atoms with Crippen LogP contribution in [0.3, 0.4) is 0 Å². The minimum atomic E-state index is -3.68. The Morgan fingerprint density at radius 1 is 0.951 bits per heavy atom. The second-order valence-electron chi connectivity index (χ2n) is 10.3. The molecule has 2 fully saturated rings. The number of nitrogens with one attached hydrogen (secondary N) is 3. The first-order valence-electron chi connectivity index (χ1n) is 13.2. The second kappa shape index (κ2) is 12.3. The van der Waals surface area contributed by atoms with Gasteiger partial charge in [-0.15, -0.1) is 0 Å². The van der Waals surface area contributed by atoms with E-state index in [0.29, 0.717) is 17.5 Å². The topological polar surface area (TPSA) is 119 Å². The van der Waals surface area contributed by atoms with Crippen molar-refractivity contribution in [2.45, 2.75) is 18.9 Å². The first-order chi connectivity index (χ1) is 19.5. The van der Waals surface area contributed by atoms with E-state index in [4.69, 9.17) is 11.6 Å². The molecule has 5 rings (SSSR count). The van der Waals surface area contributed by atoms with E-state index in [9.17, 15) is 12.8 Å². The number of benzene rings is 1. The number of rotatable bonds is 8. The maximum absolute atomic E-state index is 15.2. The molecule has 15 heteroatoms. The van der Waals surface area contributed by atoms with Crippen LogP contribution in [0.2, 0.25) is 5.02 Å². The summed E-state index contributed by atoms with van der Waals surface area (Å²) in [5.41, 5.74) is 0.538. The maximum Gasteiger partial charge on any atom is 0.229 e. The molecule has 41 heavy (non-hydrogen) atoms. The monoisotopic (exact) mass is 607 g/mol. The quantitative estimate of drug-likeness (QED) is 0.348. The first kappa shape index (κ1) is 29.2. The van der Waals surface area contributed by atoms with Gasteiger partial charge in [0.25, 0.3) is 0 Å². The van der Waals surface area contributed by atoms with Gasteiger partial charge in [0, 0.05) is 57.4 Å². The summed E-state index contributed by atoms with van der Waals surface area (Å²) in [6, 6.07) is 5.40. The van der Waals surface area contributed by atoms with Gasteiger partial charge in [-0.2, -0.15) is 4.98 Å². The lowest BCUT2D eigenvalue weighted by molar-refractivity contribution is 0.0980. The molecule has 1 aromatic carbocycles. The first-order valence-corrected chi connectivity index (χ1v) is 15.5. The molecule has 3 N–H and O–H groups in total. The lowest BCUT2D eigenvalue weighted by Gasteiger charge is -2.42. The van der Waals surface area contributed by atoms with Crippen LogP contribution in [-0.2, 0) is 10.0 Å². The van der Waals surface area contributed by atoms with Gasteiger partial charge >= 0.3 is 0 Å². The third kappa shape index (κ3) is 7.50. The summed E-state index contributed by atoms with van der Waals surface area (Å²) in [4.78, 5) is 19.7. The summed E-state index contributed by atoms with van der Waals surface area (Å²) in [5, 5.41) is 5.94. The highest BCUT2D eigenvalue weighted by molar-refractivity contribution is 7.92. The van der Waals surface area contributed by atoms with Gasteiger partial charge in [-0.1, -0.05) is 11.6 Å². The predicted molar refractivity (Wildman–Crippen MR) is 157 cm³/mol.